The van der Waals surface area contributed by atoms with Crippen molar-refractivity contribution in [1.82, 2.24) is 29.9 Å². The van der Waals surface area contributed by atoms with Gasteiger partial charge in [-0.3, -0.25) is 4.98 Å². The summed E-state index contributed by atoms with van der Waals surface area (Å²) in [6, 6.07) is 9.76. The van der Waals surface area contributed by atoms with Crippen molar-refractivity contribution < 1.29 is 13.2 Å². The Hall–Kier alpha value is -3.49. The van der Waals surface area contributed by atoms with Crippen LogP contribution in [0.3, 0.4) is 0 Å². The highest BCUT2D eigenvalue weighted by molar-refractivity contribution is 5.67. The lowest BCUT2D eigenvalue weighted by Crippen LogP contribution is -2.07. The molecular weight excluding hydrogens is 429 g/mol. The van der Waals surface area contributed by atoms with Gasteiger partial charge < -0.3 is 4.57 Å². The molecule has 0 bridgehead atoms. The van der Waals surface area contributed by atoms with Gasteiger partial charge in [0.05, 0.1) is 12.0 Å². The summed E-state index contributed by atoms with van der Waals surface area (Å²) in [5, 5.41) is 9.03. The van der Waals surface area contributed by atoms with Gasteiger partial charge in [0.1, 0.15) is 11.4 Å². The standard InChI is InChI=1S/C24H21F3N6/c25-24(26,27)23-22(30-32-31-23)15-8-9-28-20(10-15)21-12-33(13-29-21)11-16-6-7-19-17(14-4-5-14)2-1-3-18(16)19/h1-3,8-10,12-14,16H,4-7,11H2,(H,30,31,32)/t16-/m1/s1. The molecule has 3 heterocycles. The lowest BCUT2D eigenvalue weighted by atomic mass is 9.96. The first-order chi connectivity index (χ1) is 16.0. The van der Waals surface area contributed by atoms with Gasteiger partial charge in [-0.15, -0.1) is 0 Å². The minimum atomic E-state index is -4.59. The maximum atomic E-state index is 13.2. The summed E-state index contributed by atoms with van der Waals surface area (Å²) in [6.07, 6.45) is 5.39. The number of hydrogen-bond donors (Lipinski definition) is 1. The van der Waals surface area contributed by atoms with Crippen LogP contribution in [0.5, 0.6) is 0 Å². The molecule has 6 rings (SSSR count). The largest absolute Gasteiger partial charge is 0.437 e. The van der Waals surface area contributed by atoms with E-state index in [1.165, 1.54) is 41.8 Å². The number of alkyl halides is 3. The fraction of sp³-hybridized carbons (Fsp3) is 0.333. The van der Waals surface area contributed by atoms with E-state index >= 15 is 0 Å². The third-order valence-electron chi connectivity index (χ3n) is 6.62. The molecule has 0 radical (unpaired) electrons. The molecule has 168 valence electrons. The zero-order valence-corrected chi connectivity index (χ0v) is 17.7. The Kier molecular flexibility index (Phi) is 4.60. The fourth-order valence-corrected chi connectivity index (χ4v) is 4.93. The molecule has 1 fully saturated rings. The summed E-state index contributed by atoms with van der Waals surface area (Å²) in [5.74, 6) is 1.18. The average Bonchev–Trinajstić information content (AvgIpc) is 3.19. The highest BCUT2D eigenvalue weighted by Crippen LogP contribution is 2.46. The Balaban J connectivity index is 1.24. The minimum absolute atomic E-state index is 0.250. The number of imidazole rings is 1. The van der Waals surface area contributed by atoms with Gasteiger partial charge in [0.15, 0.2) is 5.69 Å². The molecule has 0 amide bonds. The molecule has 1 N–H and O–H groups in total. The molecule has 2 aliphatic carbocycles. The quantitative estimate of drug-likeness (QED) is 0.445. The predicted molar refractivity (Wildman–Crippen MR) is 115 cm³/mol. The van der Waals surface area contributed by atoms with Crippen molar-refractivity contribution in [3.63, 3.8) is 0 Å². The maximum Gasteiger partial charge on any atom is 0.437 e. The topological polar surface area (TPSA) is 72.3 Å². The molecular formula is C24H21F3N6. The van der Waals surface area contributed by atoms with Crippen LogP contribution in [0.15, 0.2) is 49.1 Å². The first-order valence-corrected chi connectivity index (χ1v) is 11.1. The zero-order valence-electron chi connectivity index (χ0n) is 17.7. The maximum absolute atomic E-state index is 13.2. The predicted octanol–water partition coefficient (Wildman–Crippen LogP) is 5.36. The second kappa shape index (κ2) is 7.54. The van der Waals surface area contributed by atoms with Crippen molar-refractivity contribution in [1.29, 1.82) is 0 Å². The van der Waals surface area contributed by atoms with E-state index in [1.807, 2.05) is 10.8 Å². The first-order valence-electron chi connectivity index (χ1n) is 11.1. The number of pyridine rings is 1. The van der Waals surface area contributed by atoms with E-state index in [0.29, 0.717) is 17.3 Å². The van der Waals surface area contributed by atoms with Gasteiger partial charge in [-0.25, -0.2) is 4.98 Å². The molecule has 4 aromatic rings. The summed E-state index contributed by atoms with van der Waals surface area (Å²) in [6.45, 7) is 0.815. The summed E-state index contributed by atoms with van der Waals surface area (Å²) in [5.41, 5.74) is 4.61. The lowest BCUT2D eigenvalue weighted by Gasteiger charge is -2.13. The molecule has 1 aromatic carbocycles. The number of hydrogen-bond acceptors (Lipinski definition) is 4. The second-order valence-corrected chi connectivity index (χ2v) is 8.83. The van der Waals surface area contributed by atoms with Crippen LogP contribution >= 0.6 is 0 Å². The first kappa shape index (κ1) is 20.1. The molecule has 0 saturated heterocycles. The molecule has 33 heavy (non-hydrogen) atoms. The van der Waals surface area contributed by atoms with Gasteiger partial charge >= 0.3 is 6.18 Å². The lowest BCUT2D eigenvalue weighted by molar-refractivity contribution is -0.140. The zero-order chi connectivity index (χ0) is 22.6. The van der Waals surface area contributed by atoms with Crippen LogP contribution in [0.1, 0.15) is 53.5 Å². The monoisotopic (exact) mass is 450 g/mol. The summed E-state index contributed by atoms with van der Waals surface area (Å²) in [7, 11) is 0. The molecule has 9 heteroatoms. The highest BCUT2D eigenvalue weighted by atomic mass is 19.4. The third kappa shape index (κ3) is 3.71. The normalized spacial score (nSPS) is 18.0. The van der Waals surface area contributed by atoms with Crippen molar-refractivity contribution in [3.05, 3.63) is 71.4 Å². The molecule has 0 unspecified atom stereocenters. The van der Waals surface area contributed by atoms with Gasteiger partial charge in [0.2, 0.25) is 0 Å². The fourth-order valence-electron chi connectivity index (χ4n) is 4.93. The van der Waals surface area contributed by atoms with E-state index in [2.05, 4.69) is 43.6 Å². The van der Waals surface area contributed by atoms with Gasteiger partial charge in [-0.2, -0.15) is 28.6 Å². The Labute approximate surface area is 187 Å². The van der Waals surface area contributed by atoms with Crippen LogP contribution in [-0.2, 0) is 19.1 Å². The van der Waals surface area contributed by atoms with E-state index in [9.17, 15) is 13.2 Å². The van der Waals surface area contributed by atoms with Crippen molar-refractivity contribution >= 4 is 0 Å². The molecule has 1 atom stereocenters. The SMILES string of the molecule is FC(F)(F)c1n[nH]nc1-c1ccnc(-c2cn(C[C@H]3CCc4c(C5CC5)cccc43)cn2)c1. The van der Waals surface area contributed by atoms with E-state index in [4.69, 9.17) is 0 Å². The molecule has 0 aliphatic heterocycles. The van der Waals surface area contributed by atoms with Crippen LogP contribution in [0.4, 0.5) is 13.2 Å². The van der Waals surface area contributed by atoms with Crippen molar-refractivity contribution in [2.75, 3.05) is 0 Å². The van der Waals surface area contributed by atoms with Crippen LogP contribution < -0.4 is 0 Å². The summed E-state index contributed by atoms with van der Waals surface area (Å²) < 4.78 is 41.7. The number of halogens is 3. The Morgan fingerprint density at radius 3 is 2.67 bits per heavy atom. The number of rotatable bonds is 5. The van der Waals surface area contributed by atoms with Gasteiger partial charge in [0.25, 0.3) is 0 Å². The average molecular weight is 450 g/mol. The number of H-pyrrole nitrogens is 1. The number of benzene rings is 1. The van der Waals surface area contributed by atoms with E-state index in [-0.39, 0.29) is 11.3 Å². The number of nitrogens with zero attached hydrogens (tertiary/aromatic N) is 5. The molecule has 3 aromatic heterocycles. The van der Waals surface area contributed by atoms with Crippen molar-refractivity contribution in [2.24, 2.45) is 0 Å². The summed E-state index contributed by atoms with van der Waals surface area (Å²) >= 11 is 0. The van der Waals surface area contributed by atoms with Gasteiger partial charge in [-0.05, 0) is 60.4 Å². The number of aromatic amines is 1. The Morgan fingerprint density at radius 1 is 1.00 bits per heavy atom. The van der Waals surface area contributed by atoms with E-state index < -0.39 is 11.9 Å². The molecule has 0 spiro atoms. The number of fused-ring (bicyclic) bond motifs is 1. The Morgan fingerprint density at radius 2 is 1.85 bits per heavy atom. The third-order valence-corrected chi connectivity index (χ3v) is 6.62. The second-order valence-electron chi connectivity index (χ2n) is 8.83. The highest BCUT2D eigenvalue weighted by Gasteiger charge is 2.38. The summed E-state index contributed by atoms with van der Waals surface area (Å²) in [4.78, 5) is 8.78. The van der Waals surface area contributed by atoms with Crippen LogP contribution in [-0.4, -0.2) is 29.9 Å². The van der Waals surface area contributed by atoms with Crippen LogP contribution in [0, 0.1) is 0 Å². The van der Waals surface area contributed by atoms with Crippen molar-refractivity contribution in [2.45, 2.75) is 50.2 Å². The molecule has 1 saturated carbocycles. The van der Waals surface area contributed by atoms with Crippen LogP contribution in [0.25, 0.3) is 22.6 Å². The van der Waals surface area contributed by atoms with Gasteiger partial charge in [0, 0.05) is 30.4 Å². The van der Waals surface area contributed by atoms with E-state index in [0.717, 1.165) is 25.3 Å². The van der Waals surface area contributed by atoms with Crippen LogP contribution in [0.2, 0.25) is 0 Å². The van der Waals surface area contributed by atoms with E-state index in [1.54, 1.807) is 12.4 Å². The molecule has 2 aliphatic rings. The number of nitrogens with one attached hydrogen (secondary N) is 1. The smallest absolute Gasteiger partial charge is 0.336 e. The minimum Gasteiger partial charge on any atom is -0.336 e. The Bertz CT molecular complexity index is 1320. The number of aromatic nitrogens is 6. The van der Waals surface area contributed by atoms with Crippen molar-refractivity contribution in [3.8, 4) is 22.6 Å². The van der Waals surface area contributed by atoms with Gasteiger partial charge in [-0.1, -0.05) is 18.2 Å². The molecule has 6 nitrogen and oxygen atoms in total.